The minimum atomic E-state index is -0.526. The zero-order chi connectivity index (χ0) is 16.9. The van der Waals surface area contributed by atoms with Gasteiger partial charge in [0.25, 0.3) is 0 Å². The molecule has 1 aromatic rings. The Balaban J connectivity index is 2.55. The molecule has 22 heavy (non-hydrogen) atoms. The lowest BCUT2D eigenvalue weighted by atomic mass is 9.80. The van der Waals surface area contributed by atoms with Crippen molar-refractivity contribution in [1.29, 1.82) is 0 Å². The number of hydrogen-bond donors (Lipinski definition) is 1. The summed E-state index contributed by atoms with van der Waals surface area (Å²) in [6.07, 6.45) is 0.996. The predicted molar refractivity (Wildman–Crippen MR) is 94.7 cm³/mol. The standard InChI is InChI=1S/C18H26BrNO2/c1-10-8-12(19)15(22-16(21)17(3,4)5)13-11(2)9-18(6,7)20-14(10)13/h8,11,20H,9H2,1-7H3. The van der Waals surface area contributed by atoms with E-state index in [2.05, 4.69) is 48.9 Å². The second kappa shape index (κ2) is 5.55. The summed E-state index contributed by atoms with van der Waals surface area (Å²) in [5, 5.41) is 3.60. The van der Waals surface area contributed by atoms with Gasteiger partial charge in [0.1, 0.15) is 0 Å². The Kier molecular flexibility index (Phi) is 4.37. The van der Waals surface area contributed by atoms with E-state index in [1.165, 1.54) is 0 Å². The number of benzene rings is 1. The maximum Gasteiger partial charge on any atom is 0.316 e. The average molecular weight is 368 g/mol. The average Bonchev–Trinajstić information content (AvgIpc) is 2.31. The van der Waals surface area contributed by atoms with Crippen LogP contribution in [0.5, 0.6) is 5.75 Å². The molecule has 0 saturated carbocycles. The Labute approximate surface area is 141 Å². The molecule has 1 aliphatic heterocycles. The zero-order valence-corrected chi connectivity index (χ0v) is 16.1. The monoisotopic (exact) mass is 367 g/mol. The normalized spacial score (nSPS) is 20.1. The van der Waals surface area contributed by atoms with Crippen molar-refractivity contribution in [3.05, 3.63) is 21.7 Å². The fourth-order valence-electron chi connectivity index (χ4n) is 3.02. The Morgan fingerprint density at radius 1 is 1.41 bits per heavy atom. The number of ether oxygens (including phenoxy) is 1. The molecule has 1 heterocycles. The van der Waals surface area contributed by atoms with Crippen LogP contribution in [-0.4, -0.2) is 11.5 Å². The highest BCUT2D eigenvalue weighted by Crippen LogP contribution is 2.48. The molecule has 122 valence electrons. The SMILES string of the molecule is Cc1cc(Br)c(OC(=O)C(C)(C)C)c2c1NC(C)(C)CC2C. The molecule has 0 bridgehead atoms. The van der Waals surface area contributed by atoms with E-state index in [-0.39, 0.29) is 11.5 Å². The molecule has 0 radical (unpaired) electrons. The Morgan fingerprint density at radius 2 is 2.00 bits per heavy atom. The molecular formula is C18H26BrNO2. The number of nitrogens with one attached hydrogen (secondary N) is 1. The number of halogens is 1. The number of fused-ring (bicyclic) bond motifs is 1. The van der Waals surface area contributed by atoms with Gasteiger partial charge in [-0.25, -0.2) is 0 Å². The minimum Gasteiger partial charge on any atom is -0.425 e. The van der Waals surface area contributed by atoms with Crippen LogP contribution < -0.4 is 10.1 Å². The van der Waals surface area contributed by atoms with Crippen molar-refractivity contribution in [2.45, 2.75) is 66.3 Å². The van der Waals surface area contributed by atoms with Crippen LogP contribution in [0, 0.1) is 12.3 Å². The van der Waals surface area contributed by atoms with E-state index in [1.807, 2.05) is 26.8 Å². The molecule has 4 heteroatoms. The van der Waals surface area contributed by atoms with Crippen molar-refractivity contribution in [3.63, 3.8) is 0 Å². The molecule has 1 unspecified atom stereocenters. The minimum absolute atomic E-state index is 0.0380. The lowest BCUT2D eigenvalue weighted by Gasteiger charge is -2.39. The van der Waals surface area contributed by atoms with Gasteiger partial charge in [-0.3, -0.25) is 4.79 Å². The van der Waals surface area contributed by atoms with Gasteiger partial charge in [-0.2, -0.15) is 0 Å². The first kappa shape index (κ1) is 17.3. The number of esters is 1. The lowest BCUT2D eigenvalue weighted by Crippen LogP contribution is -2.37. The molecule has 0 fully saturated rings. The van der Waals surface area contributed by atoms with E-state index in [0.717, 1.165) is 27.7 Å². The smallest absolute Gasteiger partial charge is 0.316 e. The molecule has 1 N–H and O–H groups in total. The largest absolute Gasteiger partial charge is 0.425 e. The highest BCUT2D eigenvalue weighted by molar-refractivity contribution is 9.10. The van der Waals surface area contributed by atoms with E-state index in [0.29, 0.717) is 11.7 Å². The van der Waals surface area contributed by atoms with Gasteiger partial charge in [0.05, 0.1) is 9.89 Å². The van der Waals surface area contributed by atoms with Gasteiger partial charge in [-0.15, -0.1) is 0 Å². The molecule has 0 spiro atoms. The summed E-state index contributed by atoms with van der Waals surface area (Å²) in [5.74, 6) is 0.775. The van der Waals surface area contributed by atoms with Gasteiger partial charge in [-0.1, -0.05) is 6.92 Å². The van der Waals surface area contributed by atoms with Crippen LogP contribution in [0.1, 0.15) is 65.0 Å². The highest BCUT2D eigenvalue weighted by atomic mass is 79.9. The number of aryl methyl sites for hydroxylation is 1. The Bertz CT molecular complexity index is 614. The fraction of sp³-hybridized carbons (Fsp3) is 0.611. The number of hydrogen-bond acceptors (Lipinski definition) is 3. The maximum absolute atomic E-state index is 12.3. The zero-order valence-electron chi connectivity index (χ0n) is 14.6. The number of rotatable bonds is 1. The Hall–Kier alpha value is -1.03. The first-order valence-corrected chi connectivity index (χ1v) is 8.55. The van der Waals surface area contributed by atoms with E-state index in [1.54, 1.807) is 0 Å². The molecule has 1 atom stereocenters. The van der Waals surface area contributed by atoms with Crippen molar-refractivity contribution >= 4 is 27.6 Å². The van der Waals surface area contributed by atoms with Gasteiger partial charge in [0.2, 0.25) is 0 Å². The second-order valence-corrected chi connectivity index (χ2v) is 8.90. The second-order valence-electron chi connectivity index (χ2n) is 8.05. The van der Waals surface area contributed by atoms with Gasteiger partial charge >= 0.3 is 5.97 Å². The van der Waals surface area contributed by atoms with Gasteiger partial charge < -0.3 is 10.1 Å². The van der Waals surface area contributed by atoms with Crippen LogP contribution in [0.25, 0.3) is 0 Å². The molecule has 0 aromatic heterocycles. The van der Waals surface area contributed by atoms with Crippen molar-refractivity contribution < 1.29 is 9.53 Å². The van der Waals surface area contributed by atoms with E-state index in [9.17, 15) is 4.79 Å². The first-order valence-electron chi connectivity index (χ1n) is 7.76. The lowest BCUT2D eigenvalue weighted by molar-refractivity contribution is -0.143. The van der Waals surface area contributed by atoms with E-state index < -0.39 is 5.41 Å². The van der Waals surface area contributed by atoms with Crippen molar-refractivity contribution in [1.82, 2.24) is 0 Å². The quantitative estimate of drug-likeness (QED) is 0.532. The third-order valence-electron chi connectivity index (χ3n) is 4.05. The van der Waals surface area contributed by atoms with Crippen LogP contribution in [0.4, 0.5) is 5.69 Å². The van der Waals surface area contributed by atoms with Crippen molar-refractivity contribution in [2.75, 3.05) is 5.32 Å². The van der Waals surface area contributed by atoms with Crippen LogP contribution in [0.3, 0.4) is 0 Å². The van der Waals surface area contributed by atoms with Crippen LogP contribution in [0.2, 0.25) is 0 Å². The summed E-state index contributed by atoms with van der Waals surface area (Å²) >= 11 is 3.57. The van der Waals surface area contributed by atoms with Gasteiger partial charge in [-0.05, 0) is 81.4 Å². The molecule has 3 nitrogen and oxygen atoms in total. The summed E-state index contributed by atoms with van der Waals surface area (Å²) in [5.41, 5.74) is 2.88. The Morgan fingerprint density at radius 3 is 2.55 bits per heavy atom. The summed E-state index contributed by atoms with van der Waals surface area (Å²) in [4.78, 5) is 12.3. The number of carbonyl (C=O) groups is 1. The summed E-state index contributed by atoms with van der Waals surface area (Å²) in [6.45, 7) is 14.3. The third kappa shape index (κ3) is 3.32. The topological polar surface area (TPSA) is 38.3 Å². The fourth-order valence-corrected chi connectivity index (χ4v) is 3.66. The first-order chi connectivity index (χ1) is 9.92. The summed E-state index contributed by atoms with van der Waals surface area (Å²) in [7, 11) is 0. The van der Waals surface area contributed by atoms with Crippen molar-refractivity contribution in [2.24, 2.45) is 5.41 Å². The molecule has 1 aliphatic rings. The van der Waals surface area contributed by atoms with Crippen LogP contribution in [-0.2, 0) is 4.79 Å². The number of carbonyl (C=O) groups excluding carboxylic acids is 1. The third-order valence-corrected chi connectivity index (χ3v) is 4.64. The molecule has 0 amide bonds. The maximum atomic E-state index is 12.3. The van der Waals surface area contributed by atoms with E-state index >= 15 is 0 Å². The molecule has 2 rings (SSSR count). The molecule has 0 saturated heterocycles. The summed E-state index contributed by atoms with van der Waals surface area (Å²) in [6, 6.07) is 2.02. The van der Waals surface area contributed by atoms with Crippen LogP contribution in [0.15, 0.2) is 10.5 Å². The van der Waals surface area contributed by atoms with Gasteiger partial charge in [0.15, 0.2) is 5.75 Å². The van der Waals surface area contributed by atoms with E-state index in [4.69, 9.17) is 4.74 Å². The van der Waals surface area contributed by atoms with Gasteiger partial charge in [0, 0.05) is 16.8 Å². The summed E-state index contributed by atoms with van der Waals surface area (Å²) < 4.78 is 6.62. The predicted octanol–water partition coefficient (Wildman–Crippen LogP) is 5.41. The van der Waals surface area contributed by atoms with Crippen molar-refractivity contribution in [3.8, 4) is 5.75 Å². The molecule has 1 aromatic carbocycles. The molecular weight excluding hydrogens is 342 g/mol. The number of anilines is 1. The molecule has 0 aliphatic carbocycles. The highest BCUT2D eigenvalue weighted by Gasteiger charge is 2.35. The van der Waals surface area contributed by atoms with Crippen LogP contribution >= 0.6 is 15.9 Å².